The molecule has 0 aromatic carbocycles. The zero-order valence-corrected chi connectivity index (χ0v) is 12.6. The van der Waals surface area contributed by atoms with E-state index >= 15 is 0 Å². The van der Waals surface area contributed by atoms with Crippen LogP contribution in [0.25, 0.3) is 0 Å². The first-order chi connectivity index (χ1) is 9.72. The minimum atomic E-state index is 0.330. The molecule has 1 unspecified atom stereocenters. The van der Waals surface area contributed by atoms with E-state index in [2.05, 4.69) is 24.1 Å². The van der Waals surface area contributed by atoms with Crippen LogP contribution in [0.1, 0.15) is 43.5 Å². The summed E-state index contributed by atoms with van der Waals surface area (Å²) >= 11 is 0. The quantitative estimate of drug-likeness (QED) is 0.894. The largest absolute Gasteiger partial charge is 0.380 e. The molecule has 0 amide bonds. The van der Waals surface area contributed by atoms with Crippen molar-refractivity contribution in [3.8, 4) is 0 Å². The lowest BCUT2D eigenvalue weighted by Crippen LogP contribution is -2.25. The van der Waals surface area contributed by atoms with Gasteiger partial charge in [-0.25, -0.2) is 9.97 Å². The predicted molar refractivity (Wildman–Crippen MR) is 80.5 cm³/mol. The molecule has 2 heterocycles. The molecule has 0 spiro atoms. The normalized spacial score (nSPS) is 22.4. The van der Waals surface area contributed by atoms with Crippen molar-refractivity contribution >= 4 is 11.6 Å². The summed E-state index contributed by atoms with van der Waals surface area (Å²) in [6.07, 6.45) is 3.87. The maximum atomic E-state index is 5.47. The molecule has 5 heteroatoms. The molecule has 2 fully saturated rings. The summed E-state index contributed by atoms with van der Waals surface area (Å²) < 4.78 is 5.47. The molecule has 20 heavy (non-hydrogen) atoms. The summed E-state index contributed by atoms with van der Waals surface area (Å²) in [4.78, 5) is 11.9. The molecule has 1 aromatic heterocycles. The van der Waals surface area contributed by atoms with E-state index in [1.165, 1.54) is 12.8 Å². The number of anilines is 2. The molecule has 1 atom stereocenters. The SMILES string of the molecule is CCNc1nc(C2CC2)nc(N2CCC(OC)C2)c1C. The number of methoxy groups -OCH3 is 1. The number of aromatic nitrogens is 2. The van der Waals surface area contributed by atoms with Crippen LogP contribution in [-0.4, -0.2) is 42.8 Å². The second kappa shape index (κ2) is 5.56. The molecule has 1 saturated carbocycles. The van der Waals surface area contributed by atoms with Gasteiger partial charge in [0.2, 0.25) is 0 Å². The third-order valence-corrected chi connectivity index (χ3v) is 4.20. The van der Waals surface area contributed by atoms with Crippen LogP contribution >= 0.6 is 0 Å². The molecule has 1 saturated heterocycles. The number of hydrogen-bond donors (Lipinski definition) is 1. The van der Waals surface area contributed by atoms with Gasteiger partial charge in [-0.15, -0.1) is 0 Å². The van der Waals surface area contributed by atoms with Crippen LogP contribution in [0.2, 0.25) is 0 Å². The van der Waals surface area contributed by atoms with E-state index in [1.54, 1.807) is 7.11 Å². The van der Waals surface area contributed by atoms with Crippen LogP contribution in [0.4, 0.5) is 11.6 Å². The smallest absolute Gasteiger partial charge is 0.137 e. The summed E-state index contributed by atoms with van der Waals surface area (Å²) in [5.41, 5.74) is 1.16. The molecule has 3 rings (SSSR count). The van der Waals surface area contributed by atoms with Gasteiger partial charge in [-0.2, -0.15) is 0 Å². The molecule has 1 N–H and O–H groups in total. The van der Waals surface area contributed by atoms with Gasteiger partial charge in [-0.05, 0) is 33.1 Å². The van der Waals surface area contributed by atoms with Crippen LogP contribution < -0.4 is 10.2 Å². The average molecular weight is 276 g/mol. The van der Waals surface area contributed by atoms with Crippen LogP contribution in [0.5, 0.6) is 0 Å². The second-order valence-corrected chi connectivity index (χ2v) is 5.78. The molecule has 5 nitrogen and oxygen atoms in total. The van der Waals surface area contributed by atoms with Crippen LogP contribution in [0.3, 0.4) is 0 Å². The standard InChI is InChI=1S/C15H24N4O/c1-4-16-13-10(2)15(18-14(17-13)11-5-6-11)19-8-7-12(9-19)20-3/h11-12H,4-9H2,1-3H3,(H,16,17,18). The predicted octanol–water partition coefficient (Wildman–Crippen LogP) is 2.32. The van der Waals surface area contributed by atoms with Crippen molar-refractivity contribution in [3.63, 3.8) is 0 Å². The van der Waals surface area contributed by atoms with Gasteiger partial charge in [-0.1, -0.05) is 0 Å². The highest BCUT2D eigenvalue weighted by atomic mass is 16.5. The molecule has 0 radical (unpaired) electrons. The Morgan fingerprint density at radius 3 is 2.70 bits per heavy atom. The number of nitrogens with one attached hydrogen (secondary N) is 1. The lowest BCUT2D eigenvalue weighted by atomic mass is 10.2. The Morgan fingerprint density at radius 1 is 1.30 bits per heavy atom. The minimum Gasteiger partial charge on any atom is -0.380 e. The monoisotopic (exact) mass is 276 g/mol. The summed E-state index contributed by atoms with van der Waals surface area (Å²) in [6, 6.07) is 0. The van der Waals surface area contributed by atoms with Gasteiger partial charge in [0.15, 0.2) is 0 Å². The first-order valence-corrected chi connectivity index (χ1v) is 7.63. The number of ether oxygens (including phenoxy) is 1. The molecule has 1 aromatic rings. The number of rotatable bonds is 5. The Morgan fingerprint density at radius 2 is 2.10 bits per heavy atom. The molecule has 110 valence electrons. The van der Waals surface area contributed by atoms with Gasteiger partial charge in [0.05, 0.1) is 6.10 Å². The second-order valence-electron chi connectivity index (χ2n) is 5.78. The first kappa shape index (κ1) is 13.6. The van der Waals surface area contributed by atoms with E-state index in [0.717, 1.165) is 49.1 Å². The average Bonchev–Trinajstić information content (AvgIpc) is 3.19. The van der Waals surface area contributed by atoms with Gasteiger partial charge >= 0.3 is 0 Å². The van der Waals surface area contributed by atoms with Gasteiger partial charge in [0, 0.05) is 38.2 Å². The molecule has 0 bridgehead atoms. The van der Waals surface area contributed by atoms with Gasteiger partial charge < -0.3 is 15.0 Å². The van der Waals surface area contributed by atoms with Crippen LogP contribution in [-0.2, 0) is 4.74 Å². The molecule has 2 aliphatic rings. The zero-order chi connectivity index (χ0) is 14.1. The first-order valence-electron chi connectivity index (χ1n) is 7.63. The third-order valence-electron chi connectivity index (χ3n) is 4.20. The van der Waals surface area contributed by atoms with Crippen molar-refractivity contribution in [1.29, 1.82) is 0 Å². The highest BCUT2D eigenvalue weighted by Crippen LogP contribution is 2.40. The van der Waals surface area contributed by atoms with Crippen molar-refractivity contribution < 1.29 is 4.74 Å². The van der Waals surface area contributed by atoms with E-state index in [0.29, 0.717) is 12.0 Å². The molecule has 1 aliphatic heterocycles. The fraction of sp³-hybridized carbons (Fsp3) is 0.733. The number of nitrogens with zero attached hydrogens (tertiary/aromatic N) is 3. The van der Waals surface area contributed by atoms with E-state index in [9.17, 15) is 0 Å². The lowest BCUT2D eigenvalue weighted by Gasteiger charge is -2.22. The maximum Gasteiger partial charge on any atom is 0.137 e. The highest BCUT2D eigenvalue weighted by Gasteiger charge is 2.31. The Labute approximate surface area is 120 Å². The lowest BCUT2D eigenvalue weighted by molar-refractivity contribution is 0.121. The van der Waals surface area contributed by atoms with Crippen molar-refractivity contribution in [2.24, 2.45) is 0 Å². The number of hydrogen-bond acceptors (Lipinski definition) is 5. The Hall–Kier alpha value is -1.36. The fourth-order valence-electron chi connectivity index (χ4n) is 2.81. The summed E-state index contributed by atoms with van der Waals surface area (Å²) in [7, 11) is 1.79. The van der Waals surface area contributed by atoms with E-state index in [-0.39, 0.29) is 0 Å². The van der Waals surface area contributed by atoms with E-state index in [1.807, 2.05) is 0 Å². The topological polar surface area (TPSA) is 50.3 Å². The zero-order valence-electron chi connectivity index (χ0n) is 12.6. The van der Waals surface area contributed by atoms with Gasteiger partial charge in [0.1, 0.15) is 17.5 Å². The van der Waals surface area contributed by atoms with Gasteiger partial charge in [-0.3, -0.25) is 0 Å². The van der Waals surface area contributed by atoms with Gasteiger partial charge in [0.25, 0.3) is 0 Å². The summed E-state index contributed by atoms with van der Waals surface area (Å²) in [5, 5.41) is 3.38. The maximum absolute atomic E-state index is 5.47. The Kier molecular flexibility index (Phi) is 3.78. The van der Waals surface area contributed by atoms with Crippen molar-refractivity contribution in [2.75, 3.05) is 37.0 Å². The summed E-state index contributed by atoms with van der Waals surface area (Å²) in [6.45, 7) is 7.07. The van der Waals surface area contributed by atoms with Crippen molar-refractivity contribution in [1.82, 2.24) is 9.97 Å². The Bertz CT molecular complexity index is 487. The third kappa shape index (κ3) is 2.59. The van der Waals surface area contributed by atoms with Crippen molar-refractivity contribution in [2.45, 2.75) is 45.1 Å². The molecular weight excluding hydrogens is 252 g/mol. The fourth-order valence-corrected chi connectivity index (χ4v) is 2.81. The Balaban J connectivity index is 1.91. The van der Waals surface area contributed by atoms with E-state index in [4.69, 9.17) is 14.7 Å². The van der Waals surface area contributed by atoms with Crippen LogP contribution in [0, 0.1) is 6.92 Å². The highest BCUT2D eigenvalue weighted by molar-refractivity contribution is 5.59. The van der Waals surface area contributed by atoms with Crippen LogP contribution in [0.15, 0.2) is 0 Å². The van der Waals surface area contributed by atoms with E-state index < -0.39 is 0 Å². The molecule has 1 aliphatic carbocycles. The minimum absolute atomic E-state index is 0.330. The summed E-state index contributed by atoms with van der Waals surface area (Å²) in [5.74, 6) is 3.69. The molecular formula is C15H24N4O. The van der Waals surface area contributed by atoms with Crippen molar-refractivity contribution in [3.05, 3.63) is 11.4 Å².